The number of aliphatic hydroxyl groups excluding tert-OH is 1. The number of nitrogens with zero attached hydrogens (tertiary/aromatic N) is 1. The zero-order valence-corrected chi connectivity index (χ0v) is 9.40. The minimum Gasteiger partial charge on any atom is -0.511 e. The average molecular weight is 233 g/mol. The van der Waals surface area contributed by atoms with E-state index in [1.807, 2.05) is 0 Å². The van der Waals surface area contributed by atoms with Gasteiger partial charge in [-0.2, -0.15) is 0 Å². The molecule has 0 unspecified atom stereocenters. The molecule has 1 aromatic rings. The second-order valence-electron chi connectivity index (χ2n) is 3.91. The van der Waals surface area contributed by atoms with Crippen LogP contribution in [0.5, 0.6) is 0 Å². The van der Waals surface area contributed by atoms with Gasteiger partial charge >= 0.3 is 0 Å². The largest absolute Gasteiger partial charge is 0.511 e. The van der Waals surface area contributed by atoms with Crippen LogP contribution in [0, 0.1) is 5.82 Å². The highest BCUT2D eigenvalue weighted by Gasteiger charge is 2.24. The molecule has 0 atom stereocenters. The lowest BCUT2D eigenvalue weighted by Crippen LogP contribution is -2.06. The first-order chi connectivity index (χ1) is 8.08. The Labute approximate surface area is 98.3 Å². The van der Waals surface area contributed by atoms with Gasteiger partial charge in [0.15, 0.2) is 5.78 Å². The van der Waals surface area contributed by atoms with Crippen LogP contribution in [0.3, 0.4) is 0 Å². The van der Waals surface area contributed by atoms with Gasteiger partial charge in [0.25, 0.3) is 0 Å². The fourth-order valence-corrected chi connectivity index (χ4v) is 1.84. The van der Waals surface area contributed by atoms with E-state index in [0.717, 1.165) is 0 Å². The van der Waals surface area contributed by atoms with Crippen LogP contribution in [0.1, 0.15) is 19.8 Å². The van der Waals surface area contributed by atoms with Crippen molar-refractivity contribution in [2.75, 3.05) is 0 Å². The minimum atomic E-state index is -0.328. The van der Waals surface area contributed by atoms with E-state index >= 15 is 0 Å². The zero-order chi connectivity index (χ0) is 12.4. The van der Waals surface area contributed by atoms with Crippen LogP contribution in [0.4, 0.5) is 10.1 Å². The molecule has 1 aliphatic carbocycles. The van der Waals surface area contributed by atoms with Gasteiger partial charge in [-0.25, -0.2) is 4.39 Å². The Morgan fingerprint density at radius 1 is 1.29 bits per heavy atom. The van der Waals surface area contributed by atoms with E-state index in [-0.39, 0.29) is 17.4 Å². The van der Waals surface area contributed by atoms with Gasteiger partial charge in [0.05, 0.1) is 17.0 Å². The molecule has 0 heterocycles. The lowest BCUT2D eigenvalue weighted by Gasteiger charge is -2.01. The van der Waals surface area contributed by atoms with Crippen LogP contribution in [0.2, 0.25) is 0 Å². The fourth-order valence-electron chi connectivity index (χ4n) is 1.84. The molecule has 1 aliphatic rings. The third kappa shape index (κ3) is 2.41. The van der Waals surface area contributed by atoms with Crippen molar-refractivity contribution in [3.05, 3.63) is 41.4 Å². The van der Waals surface area contributed by atoms with Gasteiger partial charge in [-0.3, -0.25) is 9.79 Å². The molecule has 1 aromatic carbocycles. The molecule has 0 saturated carbocycles. The van der Waals surface area contributed by atoms with Crippen LogP contribution in [-0.2, 0) is 4.79 Å². The predicted molar refractivity (Wildman–Crippen MR) is 63.1 cm³/mol. The molecule has 2 rings (SSSR count). The van der Waals surface area contributed by atoms with Crippen molar-refractivity contribution < 1.29 is 14.3 Å². The third-order valence-electron chi connectivity index (χ3n) is 2.62. The van der Waals surface area contributed by atoms with E-state index < -0.39 is 0 Å². The van der Waals surface area contributed by atoms with E-state index in [0.29, 0.717) is 29.8 Å². The molecule has 0 aromatic heterocycles. The van der Waals surface area contributed by atoms with Crippen LogP contribution < -0.4 is 0 Å². The van der Waals surface area contributed by atoms with E-state index in [4.69, 9.17) is 0 Å². The Bertz CT molecular complexity index is 515. The fraction of sp³-hybridized carbons (Fsp3) is 0.231. The van der Waals surface area contributed by atoms with Gasteiger partial charge in [0, 0.05) is 6.42 Å². The maximum absolute atomic E-state index is 12.7. The summed E-state index contributed by atoms with van der Waals surface area (Å²) in [5.74, 6) is -0.426. The second kappa shape index (κ2) is 4.49. The molecule has 0 saturated heterocycles. The van der Waals surface area contributed by atoms with Gasteiger partial charge < -0.3 is 5.11 Å². The molecule has 0 bridgehead atoms. The molecule has 0 fully saturated rings. The number of halogens is 1. The van der Waals surface area contributed by atoms with Crippen molar-refractivity contribution in [2.24, 2.45) is 4.99 Å². The highest BCUT2D eigenvalue weighted by Crippen LogP contribution is 2.25. The minimum absolute atomic E-state index is 0.0957. The molecule has 88 valence electrons. The molecule has 17 heavy (non-hydrogen) atoms. The Kier molecular flexibility index (Phi) is 3.04. The van der Waals surface area contributed by atoms with Crippen molar-refractivity contribution in [1.29, 1.82) is 0 Å². The Balaban J connectivity index is 2.35. The summed E-state index contributed by atoms with van der Waals surface area (Å²) in [4.78, 5) is 15.6. The summed E-state index contributed by atoms with van der Waals surface area (Å²) in [6, 6.07) is 5.70. The number of aliphatic hydroxyl groups is 1. The first-order valence-electron chi connectivity index (χ1n) is 5.34. The number of carbonyl (C=O) groups is 1. The molecule has 0 aliphatic heterocycles. The van der Waals surface area contributed by atoms with Crippen molar-refractivity contribution in [3.8, 4) is 0 Å². The molecule has 3 nitrogen and oxygen atoms in total. The van der Waals surface area contributed by atoms with Crippen LogP contribution in [-0.4, -0.2) is 16.6 Å². The van der Waals surface area contributed by atoms with Gasteiger partial charge in [0.1, 0.15) is 11.6 Å². The summed E-state index contributed by atoms with van der Waals surface area (Å²) in [6.45, 7) is 1.40. The number of ketones is 1. The van der Waals surface area contributed by atoms with Crippen molar-refractivity contribution in [2.45, 2.75) is 19.8 Å². The highest BCUT2D eigenvalue weighted by atomic mass is 19.1. The van der Waals surface area contributed by atoms with Crippen LogP contribution >= 0.6 is 0 Å². The molecule has 0 amide bonds. The maximum Gasteiger partial charge on any atom is 0.165 e. The molecular formula is C13H12FNO2. The first kappa shape index (κ1) is 11.5. The molecule has 1 N–H and O–H groups in total. The smallest absolute Gasteiger partial charge is 0.165 e. The van der Waals surface area contributed by atoms with Crippen molar-refractivity contribution in [3.63, 3.8) is 0 Å². The Hall–Kier alpha value is -1.97. The number of hydrogen-bond acceptors (Lipinski definition) is 3. The standard InChI is InChI=1S/C13H12FNO2/c1-8(16)13-11(6-7-12(13)17)15-10-4-2-9(14)3-5-10/h2-5,17H,6-7H2,1H3. The lowest BCUT2D eigenvalue weighted by molar-refractivity contribution is -0.113. The zero-order valence-electron chi connectivity index (χ0n) is 9.40. The second-order valence-corrected chi connectivity index (χ2v) is 3.91. The van der Waals surface area contributed by atoms with E-state index in [2.05, 4.69) is 4.99 Å². The number of benzene rings is 1. The molecular weight excluding hydrogens is 221 g/mol. The number of carbonyl (C=O) groups excluding carboxylic acids is 1. The molecule has 0 spiro atoms. The lowest BCUT2D eigenvalue weighted by atomic mass is 10.1. The summed E-state index contributed by atoms with van der Waals surface area (Å²) in [6.07, 6.45) is 0.979. The van der Waals surface area contributed by atoms with Crippen molar-refractivity contribution >= 4 is 17.2 Å². The normalized spacial score (nSPS) is 17.9. The maximum atomic E-state index is 12.7. The summed E-state index contributed by atoms with van der Waals surface area (Å²) in [7, 11) is 0. The van der Waals surface area contributed by atoms with Crippen LogP contribution in [0.15, 0.2) is 40.6 Å². The monoisotopic (exact) mass is 233 g/mol. The number of allylic oxidation sites excluding steroid dienone is 2. The summed E-state index contributed by atoms with van der Waals surface area (Å²) in [5, 5.41) is 9.57. The highest BCUT2D eigenvalue weighted by molar-refractivity contribution is 6.23. The molecule has 4 heteroatoms. The number of Topliss-reactive ketones (excluding diaryl/α,β-unsaturated/α-hetero) is 1. The van der Waals surface area contributed by atoms with E-state index in [1.165, 1.54) is 31.2 Å². The topological polar surface area (TPSA) is 49.7 Å². The Morgan fingerprint density at radius 2 is 1.94 bits per heavy atom. The van der Waals surface area contributed by atoms with Gasteiger partial charge in [-0.1, -0.05) is 0 Å². The third-order valence-corrected chi connectivity index (χ3v) is 2.62. The number of rotatable bonds is 2. The first-order valence-corrected chi connectivity index (χ1v) is 5.34. The summed E-state index contributed by atoms with van der Waals surface area (Å²) >= 11 is 0. The van der Waals surface area contributed by atoms with Crippen molar-refractivity contribution in [1.82, 2.24) is 0 Å². The average Bonchev–Trinajstić information content (AvgIpc) is 2.63. The number of aliphatic imine (C=N–C) groups is 1. The quantitative estimate of drug-likeness (QED) is 0.853. The Morgan fingerprint density at radius 3 is 2.53 bits per heavy atom. The van der Waals surface area contributed by atoms with E-state index in [9.17, 15) is 14.3 Å². The van der Waals surface area contributed by atoms with Gasteiger partial charge in [0.2, 0.25) is 0 Å². The molecule has 0 radical (unpaired) electrons. The summed E-state index contributed by atoms with van der Waals surface area (Å²) < 4.78 is 12.7. The number of hydrogen-bond donors (Lipinski definition) is 1. The van der Waals surface area contributed by atoms with Gasteiger partial charge in [-0.05, 0) is 37.6 Å². The SMILES string of the molecule is CC(=O)C1=C(O)CCC1=Nc1ccc(F)cc1. The summed E-state index contributed by atoms with van der Waals surface area (Å²) in [5.41, 5.74) is 1.45. The van der Waals surface area contributed by atoms with Crippen LogP contribution in [0.25, 0.3) is 0 Å². The van der Waals surface area contributed by atoms with Gasteiger partial charge in [-0.15, -0.1) is 0 Å². The van der Waals surface area contributed by atoms with E-state index in [1.54, 1.807) is 0 Å². The predicted octanol–water partition coefficient (Wildman–Crippen LogP) is 3.09.